The van der Waals surface area contributed by atoms with Crippen molar-refractivity contribution in [2.45, 2.75) is 74.0 Å². The van der Waals surface area contributed by atoms with E-state index in [1.165, 1.54) is 0 Å². The molecule has 176 valence electrons. The number of hydrogen-bond donors (Lipinski definition) is 0. The van der Waals surface area contributed by atoms with E-state index in [0.29, 0.717) is 24.2 Å². The smallest absolute Gasteiger partial charge is 0.126 e. The Morgan fingerprint density at radius 3 is 0.586 bits per heavy atom. The molecule has 0 N–H and O–H groups in total. The molecule has 0 aromatic carbocycles. The first-order valence-corrected chi connectivity index (χ1v) is 32.9. The van der Waals surface area contributed by atoms with Gasteiger partial charge in [-0.3, -0.25) is 0 Å². The maximum absolute atomic E-state index is 6.10. The van der Waals surface area contributed by atoms with Crippen LogP contribution in [0.25, 0.3) is 0 Å². The molecule has 0 rings (SSSR count). The minimum Gasteiger partial charge on any atom is -0.126 e. The second-order valence-corrected chi connectivity index (χ2v) is 49.5. The van der Waals surface area contributed by atoms with Crippen molar-refractivity contribution in [3.63, 3.8) is 0 Å². The molecule has 0 nitrogen and oxygen atoms in total. The Hall–Kier alpha value is 4.56. The van der Waals surface area contributed by atoms with Crippen molar-refractivity contribution in [3.05, 3.63) is 0 Å². The van der Waals surface area contributed by atoms with Gasteiger partial charge in [0.15, 0.2) is 0 Å². The monoisotopic (exact) mass is 728 g/mol. The standard InChI is InChI=1S/C12H24Cl12Si5/c13-26(14,15)9-1-5-25(6-2-10-27(16,17)18,7-3-11-28(19,20)21)8-4-12-29(22,23)24/h1-12H2. The molecule has 0 bridgehead atoms. The van der Waals surface area contributed by atoms with Gasteiger partial charge in [0.2, 0.25) is 0 Å². The molecule has 29 heavy (non-hydrogen) atoms. The van der Waals surface area contributed by atoms with E-state index in [4.69, 9.17) is 133 Å². The zero-order chi connectivity index (χ0) is 23.0. The van der Waals surface area contributed by atoms with Crippen molar-refractivity contribution >= 4 is 165 Å². The van der Waals surface area contributed by atoms with Gasteiger partial charge in [-0.25, -0.2) is 0 Å². The molecular weight excluding hydrogens is 710 g/mol. The average Bonchev–Trinajstić information content (AvgIpc) is 2.41. The summed E-state index contributed by atoms with van der Waals surface area (Å²) in [6.07, 6.45) is 3.49. The lowest BCUT2D eigenvalue weighted by atomic mass is 10.5. The second kappa shape index (κ2) is 15.0. The molecule has 0 atom stereocenters. The van der Waals surface area contributed by atoms with Gasteiger partial charge in [-0.1, -0.05) is 49.9 Å². The Morgan fingerprint density at radius 1 is 0.276 bits per heavy atom. The lowest BCUT2D eigenvalue weighted by molar-refractivity contribution is 0.874. The van der Waals surface area contributed by atoms with Gasteiger partial charge >= 0.3 is 24.0 Å². The van der Waals surface area contributed by atoms with Crippen LogP contribution in [-0.4, -0.2) is 32.1 Å². The highest BCUT2D eigenvalue weighted by atomic mass is 35.9. The van der Waals surface area contributed by atoms with Gasteiger partial charge in [-0.15, -0.1) is 133 Å². The van der Waals surface area contributed by atoms with E-state index in [-0.39, 0.29) is 0 Å². The summed E-state index contributed by atoms with van der Waals surface area (Å²) in [6.45, 7) is 0. The van der Waals surface area contributed by atoms with Gasteiger partial charge in [0.05, 0.1) is 8.07 Å². The first-order valence-electron chi connectivity index (χ1n) is 9.10. The van der Waals surface area contributed by atoms with E-state index in [9.17, 15) is 0 Å². The highest BCUT2D eigenvalue weighted by molar-refractivity contribution is 7.66. The van der Waals surface area contributed by atoms with Crippen molar-refractivity contribution in [1.82, 2.24) is 0 Å². The molecule has 0 saturated carbocycles. The van der Waals surface area contributed by atoms with E-state index in [2.05, 4.69) is 0 Å². The molecule has 0 aromatic rings. The first kappa shape index (κ1) is 33.6. The van der Waals surface area contributed by atoms with Gasteiger partial charge in [0.1, 0.15) is 0 Å². The Kier molecular flexibility index (Phi) is 17.3. The molecular formula is C12H24Cl12Si5. The third-order valence-corrected chi connectivity index (χ3v) is 20.8. The van der Waals surface area contributed by atoms with Crippen LogP contribution in [0.15, 0.2) is 0 Å². The number of rotatable bonds is 16. The zero-order valence-electron chi connectivity index (χ0n) is 15.5. The molecule has 0 aliphatic rings. The van der Waals surface area contributed by atoms with Crippen molar-refractivity contribution in [2.75, 3.05) is 0 Å². The Labute approximate surface area is 236 Å². The maximum atomic E-state index is 6.10. The number of halogens is 12. The minimum absolute atomic E-state index is 0.629. The molecule has 0 aromatic heterocycles. The van der Waals surface area contributed by atoms with Gasteiger partial charge in [-0.05, 0) is 24.2 Å². The normalized spacial score (nSPS) is 14.5. The average molecular weight is 734 g/mol. The summed E-state index contributed by atoms with van der Waals surface area (Å²) in [7, 11) is -1.81. The Bertz CT molecular complexity index is 371. The summed E-state index contributed by atoms with van der Waals surface area (Å²) in [6, 6.07) is -4.06. The van der Waals surface area contributed by atoms with Gasteiger partial charge in [0.25, 0.3) is 0 Å². The Balaban J connectivity index is 5.26. The van der Waals surface area contributed by atoms with Crippen LogP contribution in [0.3, 0.4) is 0 Å². The van der Waals surface area contributed by atoms with E-state index < -0.39 is 32.1 Å². The maximum Gasteiger partial charge on any atom is 0.341 e. The molecule has 0 aliphatic carbocycles. The summed E-state index contributed by atoms with van der Waals surface area (Å²) < 4.78 is 0. The topological polar surface area (TPSA) is 0 Å². The minimum atomic E-state index is -2.67. The van der Waals surface area contributed by atoms with Crippen LogP contribution in [-0.2, 0) is 0 Å². The summed E-state index contributed by atoms with van der Waals surface area (Å²) in [5.74, 6) is 0. The van der Waals surface area contributed by atoms with Crippen LogP contribution in [0.4, 0.5) is 0 Å². The third kappa shape index (κ3) is 22.8. The van der Waals surface area contributed by atoms with Crippen LogP contribution in [0.5, 0.6) is 0 Å². The first-order chi connectivity index (χ1) is 12.8. The predicted octanol–water partition coefficient (Wildman–Crippen LogP) is 11.6. The lowest BCUT2D eigenvalue weighted by Crippen LogP contribution is -2.35. The molecule has 0 fully saturated rings. The van der Waals surface area contributed by atoms with Gasteiger partial charge in [-0.2, -0.15) is 0 Å². The highest BCUT2D eigenvalue weighted by Gasteiger charge is 2.37. The van der Waals surface area contributed by atoms with Crippen molar-refractivity contribution in [3.8, 4) is 0 Å². The fourth-order valence-corrected chi connectivity index (χ4v) is 17.1. The SMILES string of the molecule is Cl[Si](Cl)(Cl)CCC[Si](CCC[Si](Cl)(Cl)Cl)(CCC[Si](Cl)(Cl)Cl)CCC[Si](Cl)(Cl)Cl. The van der Waals surface area contributed by atoms with Gasteiger partial charge in [0, 0.05) is 0 Å². The van der Waals surface area contributed by atoms with Crippen LogP contribution in [0.2, 0.25) is 48.4 Å². The van der Waals surface area contributed by atoms with Gasteiger partial charge < -0.3 is 0 Å². The molecule has 17 heteroatoms. The van der Waals surface area contributed by atoms with E-state index in [0.717, 1.165) is 49.9 Å². The molecule has 0 amide bonds. The van der Waals surface area contributed by atoms with Crippen molar-refractivity contribution in [2.24, 2.45) is 0 Å². The molecule has 0 aliphatic heterocycles. The highest BCUT2D eigenvalue weighted by Crippen LogP contribution is 2.41. The van der Waals surface area contributed by atoms with E-state index in [1.807, 2.05) is 0 Å². The number of hydrogen-bond acceptors (Lipinski definition) is 0. The fourth-order valence-electron chi connectivity index (χ4n) is 3.41. The zero-order valence-corrected chi connectivity index (χ0v) is 29.6. The quantitative estimate of drug-likeness (QED) is 0.109. The third-order valence-electron chi connectivity index (χ3n) is 4.67. The molecule has 0 radical (unpaired) electrons. The second-order valence-electron chi connectivity index (χ2n) is 7.37. The summed E-state index contributed by atoms with van der Waals surface area (Å²) in [4.78, 5) is 0. The van der Waals surface area contributed by atoms with Crippen LogP contribution in [0, 0.1) is 0 Å². The molecule has 0 heterocycles. The van der Waals surface area contributed by atoms with Crippen LogP contribution in [0.1, 0.15) is 25.7 Å². The lowest BCUT2D eigenvalue weighted by Gasteiger charge is -2.34. The Morgan fingerprint density at radius 2 is 0.448 bits per heavy atom. The van der Waals surface area contributed by atoms with E-state index >= 15 is 0 Å². The molecule has 0 spiro atoms. The largest absolute Gasteiger partial charge is 0.341 e. The molecule has 0 saturated heterocycles. The molecule has 0 unspecified atom stereocenters. The van der Waals surface area contributed by atoms with Crippen molar-refractivity contribution in [1.29, 1.82) is 0 Å². The summed E-state index contributed by atoms with van der Waals surface area (Å²) >= 11 is 73.2. The van der Waals surface area contributed by atoms with E-state index in [1.54, 1.807) is 0 Å². The summed E-state index contributed by atoms with van der Waals surface area (Å²) in [5, 5.41) is 0. The summed E-state index contributed by atoms with van der Waals surface area (Å²) in [5.41, 5.74) is 0. The predicted molar refractivity (Wildman–Crippen MR) is 156 cm³/mol. The fraction of sp³-hybridized carbons (Fsp3) is 1.00. The van der Waals surface area contributed by atoms with Crippen LogP contribution < -0.4 is 0 Å². The van der Waals surface area contributed by atoms with Crippen LogP contribution >= 0.6 is 133 Å². The van der Waals surface area contributed by atoms with Crippen molar-refractivity contribution < 1.29 is 0 Å².